The van der Waals surface area contributed by atoms with Gasteiger partial charge in [0.1, 0.15) is 4.90 Å². The molecule has 0 saturated carbocycles. The highest BCUT2D eigenvalue weighted by Crippen LogP contribution is 2.37. The van der Waals surface area contributed by atoms with Crippen molar-refractivity contribution in [2.24, 2.45) is 0 Å². The number of nitrogens with zero attached hydrogens (tertiary/aromatic N) is 3. The Morgan fingerprint density at radius 3 is 2.73 bits per heavy atom. The minimum absolute atomic E-state index is 0. The largest absolute Gasteiger partial charge is 0.315 e. The number of halogens is 1. The summed E-state index contributed by atoms with van der Waals surface area (Å²) in [6.07, 6.45) is 3.91. The summed E-state index contributed by atoms with van der Waals surface area (Å²) >= 11 is 0. The van der Waals surface area contributed by atoms with Gasteiger partial charge in [0.05, 0.1) is 15.8 Å². The third kappa shape index (κ3) is 2.94. The summed E-state index contributed by atoms with van der Waals surface area (Å²) in [5.74, 6) is 0. The molecule has 3 heterocycles. The molecule has 1 aromatic heterocycles. The molecule has 0 amide bonds. The quantitative estimate of drug-likeness (QED) is 0.626. The first-order valence-corrected chi connectivity index (χ1v) is 9.70. The van der Waals surface area contributed by atoms with Crippen LogP contribution in [0.1, 0.15) is 19.3 Å². The summed E-state index contributed by atoms with van der Waals surface area (Å²) in [7, 11) is -3.78. The van der Waals surface area contributed by atoms with Crippen LogP contribution in [0.3, 0.4) is 0 Å². The van der Waals surface area contributed by atoms with Crippen molar-refractivity contribution in [1.82, 2.24) is 14.6 Å². The molecule has 0 spiro atoms. The zero-order valence-electron chi connectivity index (χ0n) is 13.9. The van der Waals surface area contributed by atoms with E-state index in [0.717, 1.165) is 25.8 Å². The Morgan fingerprint density at radius 2 is 1.96 bits per heavy atom. The maximum absolute atomic E-state index is 13.4. The minimum Gasteiger partial charge on any atom is -0.315 e. The second-order valence-electron chi connectivity index (χ2n) is 6.45. The van der Waals surface area contributed by atoms with E-state index in [9.17, 15) is 18.5 Å². The maximum Gasteiger partial charge on any atom is 0.278 e. The van der Waals surface area contributed by atoms with Gasteiger partial charge in [-0.3, -0.25) is 15.1 Å². The molecule has 26 heavy (non-hydrogen) atoms. The second-order valence-corrected chi connectivity index (χ2v) is 8.26. The Hall–Kier alpha value is -1.81. The lowest BCUT2D eigenvalue weighted by Crippen LogP contribution is -2.42. The van der Waals surface area contributed by atoms with Crippen LogP contribution in [0.2, 0.25) is 0 Å². The average molecular weight is 399 g/mol. The van der Waals surface area contributed by atoms with Crippen molar-refractivity contribution in [2.75, 3.05) is 13.1 Å². The van der Waals surface area contributed by atoms with E-state index in [0.29, 0.717) is 6.54 Å². The molecule has 2 unspecified atom stereocenters. The lowest BCUT2D eigenvalue weighted by atomic mass is 10.1. The zero-order valence-corrected chi connectivity index (χ0v) is 15.5. The molecular weight excluding hydrogens is 380 g/mol. The van der Waals surface area contributed by atoms with Gasteiger partial charge in [0.15, 0.2) is 0 Å². The summed E-state index contributed by atoms with van der Waals surface area (Å²) in [5, 5.41) is 14.8. The SMILES string of the molecule is Cl.O=[N+]([O-])c1ccc(S(=O)(=O)N2C3CCNCC2CC3)c2ncccc12. The van der Waals surface area contributed by atoms with E-state index < -0.39 is 14.9 Å². The molecule has 8 nitrogen and oxygen atoms in total. The molecule has 0 radical (unpaired) electrons. The van der Waals surface area contributed by atoms with Crippen molar-refractivity contribution in [3.05, 3.63) is 40.6 Å². The van der Waals surface area contributed by atoms with Gasteiger partial charge < -0.3 is 5.32 Å². The van der Waals surface area contributed by atoms with Gasteiger partial charge in [-0.15, -0.1) is 12.4 Å². The standard InChI is InChI=1S/C16H18N4O4S.ClH/c21-20(22)14-5-6-15(16-13(14)2-1-8-18-16)25(23,24)19-11-3-4-12(19)10-17-9-7-11;/h1-2,5-6,8,11-12,17H,3-4,7,9-10H2;1H. The summed E-state index contributed by atoms with van der Waals surface area (Å²) < 4.78 is 28.4. The van der Waals surface area contributed by atoms with Crippen LogP contribution < -0.4 is 5.32 Å². The van der Waals surface area contributed by atoms with E-state index >= 15 is 0 Å². The van der Waals surface area contributed by atoms with E-state index in [1.165, 1.54) is 24.4 Å². The number of non-ortho nitro benzene ring substituents is 1. The number of rotatable bonds is 3. The van der Waals surface area contributed by atoms with Crippen LogP contribution in [0, 0.1) is 10.1 Å². The van der Waals surface area contributed by atoms with Gasteiger partial charge in [0.25, 0.3) is 5.69 Å². The molecule has 4 rings (SSSR count). The number of sulfonamides is 1. The number of nitrogens with one attached hydrogen (secondary N) is 1. The third-order valence-corrected chi connectivity index (χ3v) is 7.09. The molecule has 1 N–H and O–H groups in total. The first kappa shape index (κ1) is 19.0. The van der Waals surface area contributed by atoms with E-state index in [4.69, 9.17) is 0 Å². The molecular formula is C16H19ClN4O4S. The first-order chi connectivity index (χ1) is 12.0. The van der Waals surface area contributed by atoms with Crippen LogP contribution in [0.4, 0.5) is 5.69 Å². The molecule has 2 aliphatic rings. The molecule has 2 fully saturated rings. The molecule has 2 aliphatic heterocycles. The normalized spacial score (nSPS) is 23.4. The molecule has 0 aliphatic carbocycles. The van der Waals surface area contributed by atoms with Gasteiger partial charge in [-0.1, -0.05) is 0 Å². The Labute approximate surface area is 157 Å². The van der Waals surface area contributed by atoms with E-state index in [1.54, 1.807) is 10.4 Å². The van der Waals surface area contributed by atoms with E-state index in [2.05, 4.69) is 10.3 Å². The van der Waals surface area contributed by atoms with Crippen LogP contribution >= 0.6 is 12.4 Å². The van der Waals surface area contributed by atoms with Crippen LogP contribution in [0.25, 0.3) is 10.9 Å². The summed E-state index contributed by atoms with van der Waals surface area (Å²) in [5.41, 5.74) is 0.0239. The van der Waals surface area contributed by atoms with E-state index in [-0.39, 0.29) is 46.0 Å². The maximum atomic E-state index is 13.4. The fraction of sp³-hybridized carbons (Fsp3) is 0.438. The third-order valence-electron chi connectivity index (χ3n) is 5.05. The highest BCUT2D eigenvalue weighted by atomic mass is 35.5. The predicted molar refractivity (Wildman–Crippen MR) is 99.0 cm³/mol. The lowest BCUT2D eigenvalue weighted by Gasteiger charge is -2.27. The van der Waals surface area contributed by atoms with Crippen molar-refractivity contribution in [1.29, 1.82) is 0 Å². The smallest absolute Gasteiger partial charge is 0.278 e. The number of hydrogen-bond acceptors (Lipinski definition) is 6. The van der Waals surface area contributed by atoms with Crippen LogP contribution in [0.15, 0.2) is 35.4 Å². The van der Waals surface area contributed by atoms with Gasteiger partial charge in [0, 0.05) is 30.9 Å². The first-order valence-electron chi connectivity index (χ1n) is 8.26. The van der Waals surface area contributed by atoms with Crippen LogP contribution in [0.5, 0.6) is 0 Å². The second kappa shape index (κ2) is 7.07. The lowest BCUT2D eigenvalue weighted by molar-refractivity contribution is -0.383. The molecule has 1 aromatic carbocycles. The van der Waals surface area contributed by atoms with Crippen LogP contribution in [-0.2, 0) is 10.0 Å². The number of hydrogen-bond donors (Lipinski definition) is 1. The van der Waals surface area contributed by atoms with Crippen molar-refractivity contribution in [3.8, 4) is 0 Å². The minimum atomic E-state index is -3.78. The van der Waals surface area contributed by atoms with Crippen molar-refractivity contribution >= 4 is 39.0 Å². The monoisotopic (exact) mass is 398 g/mol. The number of benzene rings is 1. The van der Waals surface area contributed by atoms with Gasteiger partial charge in [-0.2, -0.15) is 4.31 Å². The van der Waals surface area contributed by atoms with Gasteiger partial charge in [-0.05, 0) is 44.0 Å². The molecule has 2 aromatic rings. The van der Waals surface area contributed by atoms with Crippen molar-refractivity contribution in [2.45, 2.75) is 36.2 Å². The van der Waals surface area contributed by atoms with Gasteiger partial charge in [-0.25, -0.2) is 8.42 Å². The summed E-state index contributed by atoms with van der Waals surface area (Å²) in [6.45, 7) is 1.43. The Bertz CT molecular complexity index is 938. The van der Waals surface area contributed by atoms with Crippen molar-refractivity contribution < 1.29 is 13.3 Å². The Balaban J connectivity index is 0.00000196. The molecule has 10 heteroatoms. The highest BCUT2D eigenvalue weighted by molar-refractivity contribution is 7.89. The Morgan fingerprint density at radius 1 is 1.19 bits per heavy atom. The van der Waals surface area contributed by atoms with Crippen molar-refractivity contribution in [3.63, 3.8) is 0 Å². The topological polar surface area (TPSA) is 105 Å². The molecule has 2 atom stereocenters. The average Bonchev–Trinajstić information content (AvgIpc) is 2.87. The summed E-state index contributed by atoms with van der Waals surface area (Å²) in [4.78, 5) is 14.9. The molecule has 2 saturated heterocycles. The van der Waals surface area contributed by atoms with Gasteiger partial charge in [0.2, 0.25) is 10.0 Å². The highest BCUT2D eigenvalue weighted by Gasteiger charge is 2.43. The van der Waals surface area contributed by atoms with Gasteiger partial charge >= 0.3 is 0 Å². The van der Waals surface area contributed by atoms with E-state index in [1.807, 2.05) is 0 Å². The molecule has 140 valence electrons. The fourth-order valence-electron chi connectivity index (χ4n) is 3.94. The fourth-order valence-corrected chi connectivity index (χ4v) is 5.99. The zero-order chi connectivity index (χ0) is 17.6. The number of aromatic nitrogens is 1. The predicted octanol–water partition coefficient (Wildman–Crippen LogP) is 2.08. The number of fused-ring (bicyclic) bond motifs is 3. The number of nitro benzene ring substituents is 1. The number of pyridine rings is 1. The molecule has 2 bridgehead atoms. The number of nitro groups is 1. The summed E-state index contributed by atoms with van der Waals surface area (Å²) in [6, 6.07) is 5.59. The Kier molecular flexibility index (Phi) is 5.16. The van der Waals surface area contributed by atoms with Crippen LogP contribution in [-0.4, -0.2) is 47.8 Å².